The average Bonchev–Trinajstić information content (AvgIpc) is 2.54. The van der Waals surface area contributed by atoms with E-state index in [0.29, 0.717) is 0 Å². The third-order valence-electron chi connectivity index (χ3n) is 4.29. The van der Waals surface area contributed by atoms with Crippen molar-refractivity contribution in [2.45, 2.75) is 41.5 Å². The van der Waals surface area contributed by atoms with Crippen LogP contribution in [0.15, 0.2) is 64.3 Å². The second kappa shape index (κ2) is 7.45. The lowest BCUT2D eigenvalue weighted by atomic mass is 9.72. The minimum absolute atomic E-state index is 0.140. The van der Waals surface area contributed by atoms with Gasteiger partial charge in [-0.3, -0.25) is 9.79 Å². The molecule has 3 nitrogen and oxygen atoms in total. The molecule has 1 aromatic rings. The summed E-state index contributed by atoms with van der Waals surface area (Å²) in [6.45, 7) is 12.4. The third kappa shape index (κ3) is 4.81. The Balaban J connectivity index is 2.36. The number of carbonyl (C=O) groups excluding carboxylic acids is 1. The highest BCUT2D eigenvalue weighted by Crippen LogP contribution is 2.38. The standard InChI is InChI=1S/C23H29NO2/c1-22(2,3)19-12-17(13-20(21(19)25)23(4,5)6)15-24-14-16-8-10-18(26-7)11-9-16/h8-15H,1-7H3. The van der Waals surface area contributed by atoms with Crippen molar-refractivity contribution in [3.05, 3.63) is 64.9 Å². The van der Waals surface area contributed by atoms with Crippen LogP contribution in [-0.4, -0.2) is 19.1 Å². The van der Waals surface area contributed by atoms with Crippen LogP contribution in [0.3, 0.4) is 0 Å². The number of methoxy groups -OCH3 is 1. The quantitative estimate of drug-likeness (QED) is 0.672. The van der Waals surface area contributed by atoms with Crippen LogP contribution in [0.2, 0.25) is 0 Å². The Bertz CT molecular complexity index is 756. The Labute approximate surface area is 157 Å². The number of rotatable bonds is 3. The van der Waals surface area contributed by atoms with E-state index < -0.39 is 0 Å². The van der Waals surface area contributed by atoms with E-state index in [2.05, 4.69) is 46.5 Å². The van der Waals surface area contributed by atoms with E-state index in [1.807, 2.05) is 42.6 Å². The molecule has 0 heterocycles. The molecule has 3 heteroatoms. The van der Waals surface area contributed by atoms with E-state index in [1.165, 1.54) is 0 Å². The molecule has 0 atom stereocenters. The highest BCUT2D eigenvalue weighted by molar-refractivity contribution is 6.11. The Kier molecular flexibility index (Phi) is 5.70. The van der Waals surface area contributed by atoms with Crippen molar-refractivity contribution in [3.8, 4) is 5.75 Å². The number of allylic oxidation sites excluding steroid dienone is 5. The molecule has 1 aromatic carbocycles. The lowest BCUT2D eigenvalue weighted by molar-refractivity contribution is -0.114. The second-order valence-corrected chi connectivity index (χ2v) is 8.63. The molecule has 0 saturated heterocycles. The smallest absolute Gasteiger partial charge is 0.186 e. The molecule has 1 aliphatic carbocycles. The fourth-order valence-electron chi connectivity index (χ4n) is 2.74. The predicted octanol–water partition coefficient (Wildman–Crippen LogP) is 5.53. The lowest BCUT2D eigenvalue weighted by Crippen LogP contribution is -2.27. The van der Waals surface area contributed by atoms with Crippen LogP contribution < -0.4 is 4.74 Å². The highest BCUT2D eigenvalue weighted by Gasteiger charge is 2.33. The fraction of sp³-hybridized carbons (Fsp3) is 0.391. The molecule has 1 aliphatic rings. The van der Waals surface area contributed by atoms with Gasteiger partial charge in [-0.2, -0.15) is 0 Å². The van der Waals surface area contributed by atoms with E-state index in [4.69, 9.17) is 4.74 Å². The number of ether oxygens (including phenoxy) is 1. The van der Waals surface area contributed by atoms with Crippen LogP contribution in [0.5, 0.6) is 5.75 Å². The largest absolute Gasteiger partial charge is 0.497 e. The molecule has 0 N–H and O–H groups in total. The SMILES string of the molecule is COc1ccc(C=NC=C2C=C(C(C)(C)C)C(=O)C(C(C)(C)C)=C2)cc1. The molecular formula is C23H29NO2. The number of carbonyl (C=O) groups is 1. The zero-order valence-corrected chi connectivity index (χ0v) is 16.9. The van der Waals surface area contributed by atoms with Crippen LogP contribution in [-0.2, 0) is 4.79 Å². The van der Waals surface area contributed by atoms with Crippen LogP contribution >= 0.6 is 0 Å². The van der Waals surface area contributed by atoms with Crippen molar-refractivity contribution in [2.24, 2.45) is 15.8 Å². The van der Waals surface area contributed by atoms with E-state index in [0.717, 1.165) is 28.0 Å². The number of hydrogen-bond acceptors (Lipinski definition) is 3. The normalized spacial score (nSPS) is 15.8. The summed E-state index contributed by atoms with van der Waals surface area (Å²) in [6.07, 6.45) is 7.54. The molecule has 0 amide bonds. The summed E-state index contributed by atoms with van der Waals surface area (Å²) >= 11 is 0. The van der Waals surface area contributed by atoms with Crippen LogP contribution in [0, 0.1) is 10.8 Å². The number of benzene rings is 1. The van der Waals surface area contributed by atoms with Crippen molar-refractivity contribution in [3.63, 3.8) is 0 Å². The number of hydrogen-bond donors (Lipinski definition) is 0. The van der Waals surface area contributed by atoms with Gasteiger partial charge in [-0.15, -0.1) is 0 Å². The summed E-state index contributed by atoms with van der Waals surface area (Å²) in [6, 6.07) is 7.72. The molecule has 2 rings (SSSR count). The minimum atomic E-state index is -0.208. The Morgan fingerprint density at radius 2 is 1.38 bits per heavy atom. The molecular weight excluding hydrogens is 322 g/mol. The first-order valence-corrected chi connectivity index (χ1v) is 8.89. The van der Waals surface area contributed by atoms with E-state index in [9.17, 15) is 4.79 Å². The molecule has 0 aromatic heterocycles. The number of nitrogens with zero attached hydrogens (tertiary/aromatic N) is 1. The van der Waals surface area contributed by atoms with Gasteiger partial charge in [0.25, 0.3) is 0 Å². The molecule has 0 radical (unpaired) electrons. The van der Waals surface area contributed by atoms with Crippen LogP contribution in [0.1, 0.15) is 47.1 Å². The summed E-state index contributed by atoms with van der Waals surface area (Å²) < 4.78 is 5.16. The first-order valence-electron chi connectivity index (χ1n) is 8.89. The molecule has 26 heavy (non-hydrogen) atoms. The van der Waals surface area contributed by atoms with Gasteiger partial charge in [-0.1, -0.05) is 41.5 Å². The van der Waals surface area contributed by atoms with Gasteiger partial charge in [-0.25, -0.2) is 0 Å². The fourth-order valence-corrected chi connectivity index (χ4v) is 2.74. The molecule has 0 fully saturated rings. The Morgan fingerprint density at radius 1 is 0.885 bits per heavy atom. The summed E-state index contributed by atoms with van der Waals surface area (Å²) in [4.78, 5) is 17.4. The third-order valence-corrected chi connectivity index (χ3v) is 4.29. The molecule has 138 valence electrons. The molecule has 0 saturated carbocycles. The Hall–Kier alpha value is -2.42. The monoisotopic (exact) mass is 351 g/mol. The topological polar surface area (TPSA) is 38.7 Å². The minimum Gasteiger partial charge on any atom is -0.497 e. The maximum absolute atomic E-state index is 12.9. The number of Topliss-reactive ketones (excluding diaryl/α,β-unsaturated/α-hetero) is 1. The van der Waals surface area contributed by atoms with Crippen molar-refractivity contribution in [2.75, 3.05) is 7.11 Å². The van der Waals surface area contributed by atoms with Gasteiger partial charge < -0.3 is 4.74 Å². The summed E-state index contributed by atoms with van der Waals surface area (Å²) in [7, 11) is 1.65. The molecule has 0 bridgehead atoms. The Morgan fingerprint density at radius 3 is 1.81 bits per heavy atom. The van der Waals surface area contributed by atoms with Gasteiger partial charge in [0.05, 0.1) is 7.11 Å². The van der Waals surface area contributed by atoms with Crippen LogP contribution in [0.4, 0.5) is 0 Å². The van der Waals surface area contributed by atoms with Crippen LogP contribution in [0.25, 0.3) is 0 Å². The molecule has 0 unspecified atom stereocenters. The number of ketones is 1. The van der Waals surface area contributed by atoms with Gasteiger partial charge >= 0.3 is 0 Å². The maximum Gasteiger partial charge on any atom is 0.186 e. The van der Waals surface area contributed by atoms with E-state index in [-0.39, 0.29) is 16.6 Å². The highest BCUT2D eigenvalue weighted by atomic mass is 16.5. The first kappa shape index (κ1) is 19.9. The predicted molar refractivity (Wildman–Crippen MR) is 109 cm³/mol. The summed E-state index contributed by atoms with van der Waals surface area (Å²) in [5.74, 6) is 0.961. The second-order valence-electron chi connectivity index (χ2n) is 8.63. The van der Waals surface area contributed by atoms with E-state index in [1.54, 1.807) is 13.3 Å². The zero-order valence-electron chi connectivity index (χ0n) is 16.9. The zero-order chi connectivity index (χ0) is 19.5. The van der Waals surface area contributed by atoms with Gasteiger partial charge in [-0.05, 0) is 58.4 Å². The maximum atomic E-state index is 12.9. The van der Waals surface area contributed by atoms with Gasteiger partial charge in [0.1, 0.15) is 5.75 Å². The van der Waals surface area contributed by atoms with E-state index >= 15 is 0 Å². The van der Waals surface area contributed by atoms with Crippen molar-refractivity contribution in [1.82, 2.24) is 0 Å². The lowest BCUT2D eigenvalue weighted by Gasteiger charge is -2.31. The summed E-state index contributed by atoms with van der Waals surface area (Å²) in [5, 5.41) is 0. The van der Waals surface area contributed by atoms with Crippen molar-refractivity contribution in [1.29, 1.82) is 0 Å². The first-order chi connectivity index (χ1) is 12.0. The van der Waals surface area contributed by atoms with Gasteiger partial charge in [0.2, 0.25) is 0 Å². The average molecular weight is 351 g/mol. The van der Waals surface area contributed by atoms with Crippen molar-refractivity contribution < 1.29 is 9.53 Å². The number of aliphatic imine (C=N–C) groups is 1. The van der Waals surface area contributed by atoms with Crippen molar-refractivity contribution >= 4 is 12.0 Å². The van der Waals surface area contributed by atoms with Gasteiger partial charge in [0.15, 0.2) is 5.78 Å². The molecule has 0 spiro atoms. The summed E-state index contributed by atoms with van der Waals surface area (Å²) in [5.41, 5.74) is 3.19. The van der Waals surface area contributed by atoms with Gasteiger partial charge in [0, 0.05) is 23.6 Å². The molecule has 0 aliphatic heterocycles.